The van der Waals surface area contributed by atoms with Gasteiger partial charge in [0, 0.05) is 0 Å². The predicted molar refractivity (Wildman–Crippen MR) is 413 cm³/mol. The van der Waals surface area contributed by atoms with Crippen LogP contribution in [0.4, 0.5) is 13.2 Å². The monoisotopic (exact) mass is 1330 g/mol. The molecule has 0 aromatic heterocycles. The van der Waals surface area contributed by atoms with Crippen LogP contribution in [0.5, 0.6) is 0 Å². The van der Waals surface area contributed by atoms with Gasteiger partial charge in [-0.1, -0.05) is 0 Å². The minimum absolute atomic E-state index is 0.137. The van der Waals surface area contributed by atoms with Crippen LogP contribution in [0, 0.1) is 5.92 Å². The second-order valence-corrected chi connectivity index (χ2v) is 53.7. The summed E-state index contributed by atoms with van der Waals surface area (Å²) >= 11 is 0. The van der Waals surface area contributed by atoms with E-state index in [-0.39, 0.29) is 18.5 Å². The molecule has 0 saturated heterocycles. The Labute approximate surface area is 554 Å². The summed E-state index contributed by atoms with van der Waals surface area (Å²) in [5, 5.41) is 11.8. The first-order valence-corrected chi connectivity index (χ1v) is 52.1. The van der Waals surface area contributed by atoms with E-state index in [4.69, 9.17) is 4.86 Å². The molecule has 4 aromatic carbocycles. The first kappa shape index (κ1) is 78.1. The molecule has 89 heavy (non-hydrogen) atoms. The van der Waals surface area contributed by atoms with Gasteiger partial charge in [-0.25, -0.2) is 0 Å². The molecule has 504 valence electrons. The second-order valence-electron chi connectivity index (χ2n) is 29.0. The van der Waals surface area contributed by atoms with E-state index in [1.165, 1.54) is 248 Å². The molecule has 1 aliphatic rings. The van der Waals surface area contributed by atoms with Gasteiger partial charge < -0.3 is 0 Å². The molecule has 0 spiro atoms. The van der Waals surface area contributed by atoms with Crippen molar-refractivity contribution < 1.29 is 13.2 Å². The Morgan fingerprint density at radius 3 is 0.787 bits per heavy atom. The Hall–Kier alpha value is -1.64. The van der Waals surface area contributed by atoms with Crippen molar-refractivity contribution in [1.29, 1.82) is 0 Å². The standard InChI is InChI=1S/C79H136F3NP2Si4/c1-13-25-56-86(57-26-14-2,58-27-15-3)75-48-40-70(41-49-75)84(71-42-50-76(51-43-71)87(59-28-16-4,60-29-17-5)61-30-18-6)83-85(74-39-37-38-69(68-74)79(80,81)82,72-44-52-77(53-45-72)88(62-31-19-7,63-32-20-8)64-33-21-9)73-46-54-78(55-47-73)89(65-34-22-10,66-35-23-11)67-36-24-12/h40-55,69,74,83,85H,13-39,56-68H2,1-12H3. The Balaban J connectivity index is 1.97. The molecule has 0 heterocycles. The van der Waals surface area contributed by atoms with Crippen molar-refractivity contribution >= 4 is 89.7 Å². The second kappa shape index (κ2) is 40.7. The van der Waals surface area contributed by atoms with E-state index >= 15 is 13.2 Å². The SMILES string of the molecule is CCCC[Si](CCCC)(CCCC)c1ccc(P(N[PH](c2ccc([Si](CCCC)(CCCC)CCCC)cc2)(c2ccc([Si](CCCC)(CCCC)CCCC)cc2)C2CCCC(C(F)(F)F)C2)c2ccc([Si](CCCC)(CCCC)CCCC)cc2)cc1. The van der Waals surface area contributed by atoms with Crippen LogP contribution in [0.15, 0.2) is 97.1 Å². The number of alkyl halides is 3. The fraction of sp³-hybridized carbons (Fsp3) is 0.696. The fourth-order valence-corrected chi connectivity index (χ4v) is 48.4. The number of hydrogen-bond donors (Lipinski definition) is 1. The van der Waals surface area contributed by atoms with Crippen molar-refractivity contribution in [3.05, 3.63) is 97.1 Å². The van der Waals surface area contributed by atoms with E-state index in [9.17, 15) is 0 Å². The summed E-state index contributed by atoms with van der Waals surface area (Å²) in [4.78, 5) is 4.90. The number of unbranched alkanes of at least 4 members (excludes halogenated alkanes) is 12. The van der Waals surface area contributed by atoms with Gasteiger partial charge in [0.05, 0.1) is 0 Å². The van der Waals surface area contributed by atoms with E-state index < -0.39 is 59.9 Å². The Morgan fingerprint density at radius 2 is 0.573 bits per heavy atom. The summed E-state index contributed by atoms with van der Waals surface area (Å²) in [6.07, 6.45) is 27.8. The normalized spacial score (nSPS) is 15.8. The van der Waals surface area contributed by atoms with Gasteiger partial charge in [-0.2, -0.15) is 0 Å². The Kier molecular flexibility index (Phi) is 35.7. The van der Waals surface area contributed by atoms with Gasteiger partial charge in [-0.15, -0.1) is 0 Å². The van der Waals surface area contributed by atoms with Crippen LogP contribution in [-0.4, -0.2) is 44.1 Å². The number of benzene rings is 4. The van der Waals surface area contributed by atoms with E-state index in [0.717, 1.165) is 6.42 Å². The van der Waals surface area contributed by atoms with Gasteiger partial charge >= 0.3 is 558 Å². The first-order valence-electron chi connectivity index (χ1n) is 38.2. The van der Waals surface area contributed by atoms with E-state index in [0.29, 0.717) is 6.42 Å². The molecular weight excluding hydrogens is 1190 g/mol. The molecule has 4 aromatic rings. The summed E-state index contributed by atoms with van der Waals surface area (Å²) in [7, 11) is -12.1. The first-order chi connectivity index (χ1) is 43.1. The van der Waals surface area contributed by atoms with Crippen LogP contribution in [0.3, 0.4) is 0 Å². The maximum atomic E-state index is 15.8. The molecule has 2 unspecified atom stereocenters. The zero-order chi connectivity index (χ0) is 64.7. The fourth-order valence-electron chi connectivity index (χ4n) is 16.7. The summed E-state index contributed by atoms with van der Waals surface area (Å²) in [6, 6.07) is 57.4. The number of hydrogen-bond acceptors (Lipinski definition) is 1. The van der Waals surface area contributed by atoms with Gasteiger partial charge in [0.2, 0.25) is 0 Å². The van der Waals surface area contributed by atoms with Gasteiger partial charge in [-0.05, 0) is 0 Å². The molecule has 0 amide bonds. The zero-order valence-corrected chi connectivity index (χ0v) is 65.7. The van der Waals surface area contributed by atoms with Crippen LogP contribution in [0.1, 0.15) is 263 Å². The molecule has 1 fully saturated rings. The van der Waals surface area contributed by atoms with Crippen LogP contribution < -0.4 is 46.8 Å². The average Bonchev–Trinajstić information content (AvgIpc) is 0.857. The molecular formula is C79H136F3NP2Si4. The van der Waals surface area contributed by atoms with Crippen molar-refractivity contribution in [3.63, 3.8) is 0 Å². The zero-order valence-electron chi connectivity index (χ0n) is 59.8. The minimum atomic E-state index is -4.23. The molecule has 0 bridgehead atoms. The van der Waals surface area contributed by atoms with Crippen LogP contribution in [-0.2, 0) is 0 Å². The average molecular weight is 1330 g/mol. The van der Waals surface area contributed by atoms with E-state index in [2.05, 4.69) is 180 Å². The topological polar surface area (TPSA) is 12.0 Å². The molecule has 1 saturated carbocycles. The number of nitrogens with one attached hydrogen (secondary N) is 1. The van der Waals surface area contributed by atoms with Gasteiger partial charge in [0.1, 0.15) is 0 Å². The van der Waals surface area contributed by atoms with Crippen LogP contribution >= 0.6 is 15.5 Å². The molecule has 10 heteroatoms. The molecule has 0 aliphatic heterocycles. The number of rotatable bonds is 47. The number of halogens is 3. The Bertz CT molecular complexity index is 2240. The van der Waals surface area contributed by atoms with Crippen LogP contribution in [0.25, 0.3) is 0 Å². The van der Waals surface area contributed by atoms with Crippen molar-refractivity contribution in [1.82, 2.24) is 4.86 Å². The molecule has 2 atom stereocenters. The third-order valence-corrected chi connectivity index (χ3v) is 52.7. The molecule has 1 nitrogen and oxygen atoms in total. The summed E-state index contributed by atoms with van der Waals surface area (Å²) in [6.45, 7) is 28.5. The molecule has 1 aliphatic carbocycles. The van der Waals surface area contributed by atoms with E-state index in [1.54, 1.807) is 20.7 Å². The van der Waals surface area contributed by atoms with Crippen molar-refractivity contribution in [2.75, 3.05) is 0 Å². The van der Waals surface area contributed by atoms with Gasteiger partial charge in [0.15, 0.2) is 0 Å². The summed E-state index contributed by atoms with van der Waals surface area (Å²) in [5.41, 5.74) is -0.137. The van der Waals surface area contributed by atoms with E-state index in [1.807, 2.05) is 0 Å². The summed E-state index contributed by atoms with van der Waals surface area (Å²) in [5.74, 6) is -1.30. The van der Waals surface area contributed by atoms with Crippen molar-refractivity contribution in [3.8, 4) is 0 Å². The predicted octanol–water partition coefficient (Wildman–Crippen LogP) is 23.3. The molecule has 1 N–H and O–H groups in total. The Morgan fingerprint density at radius 1 is 0.348 bits per heavy atom. The van der Waals surface area contributed by atoms with Gasteiger partial charge in [-0.3, -0.25) is 0 Å². The van der Waals surface area contributed by atoms with Crippen molar-refractivity contribution in [2.24, 2.45) is 5.92 Å². The summed E-state index contributed by atoms with van der Waals surface area (Å²) < 4.78 is 47.5. The molecule has 5 rings (SSSR count). The third-order valence-electron chi connectivity index (χ3n) is 22.5. The van der Waals surface area contributed by atoms with Gasteiger partial charge in [0.25, 0.3) is 0 Å². The van der Waals surface area contributed by atoms with Crippen molar-refractivity contribution in [2.45, 2.75) is 347 Å². The third kappa shape index (κ3) is 21.4. The quantitative estimate of drug-likeness (QED) is 0.0343. The van der Waals surface area contributed by atoms with Crippen LogP contribution in [0.2, 0.25) is 72.5 Å². The maximum absolute atomic E-state index is 15.8. The molecule has 0 radical (unpaired) electrons.